The van der Waals surface area contributed by atoms with E-state index in [0.29, 0.717) is 17.6 Å². The molecule has 3 rings (SSSR count). The molecule has 6 heteroatoms. The van der Waals surface area contributed by atoms with Gasteiger partial charge in [-0.15, -0.1) is 12.4 Å². The van der Waals surface area contributed by atoms with Gasteiger partial charge in [-0.1, -0.05) is 13.0 Å². The third-order valence-electron chi connectivity index (χ3n) is 4.23. The minimum absolute atomic E-state index is 0. The van der Waals surface area contributed by atoms with Crippen molar-refractivity contribution in [2.24, 2.45) is 5.41 Å². The second-order valence-electron chi connectivity index (χ2n) is 5.97. The first-order valence-electron chi connectivity index (χ1n) is 7.37. The summed E-state index contributed by atoms with van der Waals surface area (Å²) in [6.45, 7) is 4.97. The molecule has 1 amide bonds. The van der Waals surface area contributed by atoms with Crippen LogP contribution in [0.5, 0.6) is 0 Å². The lowest BCUT2D eigenvalue weighted by Gasteiger charge is -2.34. The Labute approximate surface area is 136 Å². The summed E-state index contributed by atoms with van der Waals surface area (Å²) >= 11 is 0. The van der Waals surface area contributed by atoms with Gasteiger partial charge in [-0.3, -0.25) is 14.8 Å². The lowest BCUT2D eigenvalue weighted by Crippen LogP contribution is -2.42. The van der Waals surface area contributed by atoms with Gasteiger partial charge in [0.05, 0.1) is 11.1 Å². The third-order valence-corrected chi connectivity index (χ3v) is 4.23. The number of rotatable bonds is 3. The van der Waals surface area contributed by atoms with Gasteiger partial charge in [0.15, 0.2) is 0 Å². The Morgan fingerprint density at radius 1 is 1.27 bits per heavy atom. The van der Waals surface area contributed by atoms with Crippen LogP contribution in [0.4, 0.5) is 0 Å². The number of piperidine rings is 1. The first-order chi connectivity index (χ1) is 10.2. The molecular weight excluding hydrogens is 300 g/mol. The lowest BCUT2D eigenvalue weighted by atomic mass is 9.81. The van der Waals surface area contributed by atoms with E-state index in [4.69, 9.17) is 0 Å². The molecular formula is C16H21ClN4O. The molecule has 5 nitrogen and oxygen atoms in total. The predicted molar refractivity (Wildman–Crippen MR) is 89.3 cm³/mol. The maximum Gasteiger partial charge on any atom is 0.253 e. The second kappa shape index (κ2) is 7.03. The Morgan fingerprint density at radius 3 is 2.77 bits per heavy atom. The monoisotopic (exact) mass is 320 g/mol. The number of carbonyl (C=O) groups is 1. The summed E-state index contributed by atoms with van der Waals surface area (Å²) in [6, 6.07) is 5.52. The molecule has 2 aromatic rings. The van der Waals surface area contributed by atoms with Crippen LogP contribution in [0.3, 0.4) is 0 Å². The van der Waals surface area contributed by atoms with Crippen molar-refractivity contribution in [1.82, 2.24) is 20.6 Å². The number of amides is 1. The fraction of sp³-hybridized carbons (Fsp3) is 0.438. The molecule has 0 saturated carbocycles. The van der Waals surface area contributed by atoms with Crippen LogP contribution in [0.25, 0.3) is 11.0 Å². The van der Waals surface area contributed by atoms with E-state index in [0.717, 1.165) is 31.4 Å². The van der Waals surface area contributed by atoms with Crippen LogP contribution in [0, 0.1) is 5.41 Å². The summed E-state index contributed by atoms with van der Waals surface area (Å²) in [5.41, 5.74) is 2.18. The summed E-state index contributed by atoms with van der Waals surface area (Å²) in [4.78, 5) is 21.0. The number of hydrogen-bond acceptors (Lipinski definition) is 4. The fourth-order valence-corrected chi connectivity index (χ4v) is 2.77. The van der Waals surface area contributed by atoms with E-state index >= 15 is 0 Å². The fourth-order valence-electron chi connectivity index (χ4n) is 2.77. The zero-order valence-electron chi connectivity index (χ0n) is 12.6. The van der Waals surface area contributed by atoms with Gasteiger partial charge in [0, 0.05) is 18.9 Å². The highest BCUT2D eigenvalue weighted by Gasteiger charge is 2.27. The van der Waals surface area contributed by atoms with Gasteiger partial charge < -0.3 is 10.6 Å². The quantitative estimate of drug-likeness (QED) is 0.909. The summed E-state index contributed by atoms with van der Waals surface area (Å²) in [6.07, 6.45) is 5.43. The summed E-state index contributed by atoms with van der Waals surface area (Å²) in [5, 5.41) is 6.42. The molecule has 1 saturated heterocycles. The number of benzene rings is 1. The molecule has 0 aliphatic carbocycles. The zero-order chi connectivity index (χ0) is 14.7. The number of aromatic nitrogens is 2. The van der Waals surface area contributed by atoms with Crippen molar-refractivity contribution in [3.63, 3.8) is 0 Å². The molecule has 2 heterocycles. The van der Waals surface area contributed by atoms with Crippen molar-refractivity contribution in [2.45, 2.75) is 19.8 Å². The Bertz CT molecular complexity index is 650. The van der Waals surface area contributed by atoms with Crippen molar-refractivity contribution in [3.8, 4) is 0 Å². The van der Waals surface area contributed by atoms with Crippen LogP contribution in [0.2, 0.25) is 0 Å². The minimum Gasteiger partial charge on any atom is -0.351 e. The van der Waals surface area contributed by atoms with Crippen LogP contribution in [0.15, 0.2) is 30.6 Å². The number of nitrogens with one attached hydrogen (secondary N) is 2. The van der Waals surface area contributed by atoms with Gasteiger partial charge in [-0.2, -0.15) is 0 Å². The van der Waals surface area contributed by atoms with Crippen LogP contribution in [-0.2, 0) is 0 Å². The van der Waals surface area contributed by atoms with Crippen molar-refractivity contribution in [3.05, 3.63) is 36.2 Å². The van der Waals surface area contributed by atoms with E-state index in [1.807, 2.05) is 12.1 Å². The smallest absolute Gasteiger partial charge is 0.253 e. The van der Waals surface area contributed by atoms with Gasteiger partial charge in [-0.05, 0) is 43.5 Å². The maximum atomic E-state index is 12.4. The van der Waals surface area contributed by atoms with Crippen molar-refractivity contribution < 1.29 is 4.79 Å². The Hall–Kier alpha value is -1.72. The molecule has 1 aromatic carbocycles. The highest BCUT2D eigenvalue weighted by atomic mass is 35.5. The van der Waals surface area contributed by atoms with E-state index in [9.17, 15) is 4.79 Å². The lowest BCUT2D eigenvalue weighted by molar-refractivity contribution is 0.0923. The highest BCUT2D eigenvalue weighted by molar-refractivity contribution is 6.04. The molecule has 0 unspecified atom stereocenters. The molecule has 1 aliphatic heterocycles. The van der Waals surface area contributed by atoms with Crippen LogP contribution >= 0.6 is 12.4 Å². The zero-order valence-corrected chi connectivity index (χ0v) is 13.4. The molecule has 0 spiro atoms. The van der Waals surface area contributed by atoms with E-state index in [2.05, 4.69) is 27.5 Å². The second-order valence-corrected chi connectivity index (χ2v) is 5.97. The molecule has 1 fully saturated rings. The molecule has 118 valence electrons. The first kappa shape index (κ1) is 16.6. The molecule has 2 N–H and O–H groups in total. The molecule has 1 aliphatic rings. The average molecular weight is 321 g/mol. The van der Waals surface area contributed by atoms with Crippen molar-refractivity contribution in [1.29, 1.82) is 0 Å². The molecule has 22 heavy (non-hydrogen) atoms. The Balaban J connectivity index is 0.00000176. The van der Waals surface area contributed by atoms with Crippen LogP contribution in [0.1, 0.15) is 30.1 Å². The van der Waals surface area contributed by atoms with Gasteiger partial charge in [0.1, 0.15) is 5.52 Å². The van der Waals surface area contributed by atoms with Crippen LogP contribution in [-0.4, -0.2) is 35.5 Å². The number of halogens is 1. The topological polar surface area (TPSA) is 66.9 Å². The molecule has 0 atom stereocenters. The summed E-state index contributed by atoms with van der Waals surface area (Å²) in [7, 11) is 0. The van der Waals surface area contributed by atoms with Gasteiger partial charge >= 0.3 is 0 Å². The molecule has 0 radical (unpaired) electrons. The molecule has 1 aromatic heterocycles. The number of nitrogens with zero attached hydrogens (tertiary/aromatic N) is 2. The standard InChI is InChI=1S/C16H20N4O.ClH/c1-16(5-7-17-8-6-16)11-20-15(21)12-3-2-4-13-14(12)19-10-9-18-13;/h2-4,9-10,17H,5-8,11H2,1H3,(H,20,21);1H. The molecule has 0 bridgehead atoms. The third kappa shape index (κ3) is 3.54. The van der Waals surface area contributed by atoms with E-state index in [-0.39, 0.29) is 23.7 Å². The highest BCUT2D eigenvalue weighted by Crippen LogP contribution is 2.26. The summed E-state index contributed by atoms with van der Waals surface area (Å²) < 4.78 is 0. The normalized spacial score (nSPS) is 16.8. The number of hydrogen-bond donors (Lipinski definition) is 2. The number of carbonyl (C=O) groups excluding carboxylic acids is 1. The SMILES string of the molecule is CC1(CNC(=O)c2cccc3nccnc23)CCNCC1.Cl. The van der Waals surface area contributed by atoms with Crippen LogP contribution < -0.4 is 10.6 Å². The Morgan fingerprint density at radius 2 is 2.00 bits per heavy atom. The van der Waals surface area contributed by atoms with E-state index in [1.165, 1.54) is 0 Å². The van der Waals surface area contributed by atoms with Gasteiger partial charge in [0.2, 0.25) is 0 Å². The van der Waals surface area contributed by atoms with Crippen molar-refractivity contribution in [2.75, 3.05) is 19.6 Å². The number of para-hydroxylation sites is 1. The van der Waals surface area contributed by atoms with E-state index in [1.54, 1.807) is 18.5 Å². The number of fused-ring (bicyclic) bond motifs is 1. The predicted octanol–water partition coefficient (Wildman–Crippen LogP) is 2.17. The largest absolute Gasteiger partial charge is 0.351 e. The maximum absolute atomic E-state index is 12.4. The first-order valence-corrected chi connectivity index (χ1v) is 7.37. The van der Waals surface area contributed by atoms with E-state index < -0.39 is 0 Å². The van der Waals surface area contributed by atoms with Gasteiger partial charge in [0.25, 0.3) is 5.91 Å². The van der Waals surface area contributed by atoms with Gasteiger partial charge in [-0.25, -0.2) is 0 Å². The van der Waals surface area contributed by atoms with Crippen molar-refractivity contribution >= 4 is 29.3 Å². The Kier molecular flexibility index (Phi) is 5.32. The summed E-state index contributed by atoms with van der Waals surface area (Å²) in [5.74, 6) is -0.0687. The minimum atomic E-state index is -0.0687. The average Bonchev–Trinajstić information content (AvgIpc) is 2.53.